The van der Waals surface area contributed by atoms with Crippen LogP contribution in [0, 0.1) is 3.57 Å². The van der Waals surface area contributed by atoms with Gasteiger partial charge in [0.15, 0.2) is 0 Å². The smallest absolute Gasteiger partial charge is 0.320 e. The van der Waals surface area contributed by atoms with Gasteiger partial charge in [0.2, 0.25) is 5.91 Å². The maximum atomic E-state index is 11.7. The van der Waals surface area contributed by atoms with Gasteiger partial charge in [-0.15, -0.1) is 12.4 Å². The van der Waals surface area contributed by atoms with Gasteiger partial charge >= 0.3 is 5.97 Å². The first-order valence-corrected chi connectivity index (χ1v) is 6.46. The highest BCUT2D eigenvalue weighted by molar-refractivity contribution is 14.1. The molecule has 0 radical (unpaired) electrons. The predicted octanol–water partition coefficient (Wildman–Crippen LogP) is 2.06. The Morgan fingerprint density at radius 3 is 2.37 bits per heavy atom. The Hall–Kier alpha value is -0.860. The van der Waals surface area contributed by atoms with E-state index in [0.29, 0.717) is 5.69 Å². The molecule has 0 saturated carbocycles. The molecule has 0 aliphatic carbocycles. The number of nitrogens with one attached hydrogen (secondary N) is 1. The van der Waals surface area contributed by atoms with Crippen molar-refractivity contribution in [2.45, 2.75) is 13.0 Å². The maximum Gasteiger partial charge on any atom is 0.320 e. The fraction of sp³-hybridized carbons (Fsp3) is 0.333. The van der Waals surface area contributed by atoms with Crippen molar-refractivity contribution in [2.75, 3.05) is 18.9 Å². The summed E-state index contributed by atoms with van der Waals surface area (Å²) in [4.78, 5) is 23.9. The van der Waals surface area contributed by atoms with Crippen molar-refractivity contribution in [3.8, 4) is 0 Å². The molecule has 0 bridgehead atoms. The third-order valence-electron chi connectivity index (χ3n) is 2.54. The number of hydrogen-bond acceptors (Lipinski definition) is 3. The van der Waals surface area contributed by atoms with Crippen LogP contribution in [0.5, 0.6) is 0 Å². The number of anilines is 1. The van der Waals surface area contributed by atoms with Crippen LogP contribution in [0.2, 0.25) is 0 Å². The number of halogens is 2. The summed E-state index contributed by atoms with van der Waals surface area (Å²) in [6.07, 6.45) is 0. The van der Waals surface area contributed by atoms with Crippen molar-refractivity contribution in [3.63, 3.8) is 0 Å². The van der Waals surface area contributed by atoms with Crippen molar-refractivity contribution in [3.05, 3.63) is 27.8 Å². The van der Waals surface area contributed by atoms with E-state index in [2.05, 4.69) is 27.9 Å². The number of amides is 1. The van der Waals surface area contributed by atoms with Gasteiger partial charge in [-0.2, -0.15) is 0 Å². The number of carboxylic acids is 1. The molecule has 1 aromatic rings. The monoisotopic (exact) mass is 398 g/mol. The zero-order chi connectivity index (χ0) is 13.7. The topological polar surface area (TPSA) is 69.6 Å². The molecule has 0 fully saturated rings. The lowest BCUT2D eigenvalue weighted by atomic mass is 10.3. The Morgan fingerprint density at radius 2 is 1.89 bits per heavy atom. The second-order valence-corrected chi connectivity index (χ2v) is 5.23. The minimum absolute atomic E-state index is 0. The molecular weight excluding hydrogens is 382 g/mol. The molecular formula is C12H16ClIN2O3. The molecule has 2 N–H and O–H groups in total. The SMILES string of the molecule is CC(C(=O)O)N(C)CC(=O)Nc1ccc(I)cc1.Cl. The molecule has 1 atom stereocenters. The van der Waals surface area contributed by atoms with E-state index in [4.69, 9.17) is 5.11 Å². The van der Waals surface area contributed by atoms with E-state index in [0.717, 1.165) is 3.57 Å². The first-order chi connectivity index (χ1) is 8.40. The van der Waals surface area contributed by atoms with E-state index < -0.39 is 12.0 Å². The van der Waals surface area contributed by atoms with E-state index >= 15 is 0 Å². The molecule has 1 unspecified atom stereocenters. The zero-order valence-corrected chi connectivity index (χ0v) is 13.6. The van der Waals surface area contributed by atoms with Gasteiger partial charge in [-0.05, 0) is 60.8 Å². The van der Waals surface area contributed by atoms with Crippen LogP contribution < -0.4 is 5.32 Å². The molecule has 1 rings (SSSR count). The highest BCUT2D eigenvalue weighted by Gasteiger charge is 2.18. The molecule has 0 heterocycles. The summed E-state index contributed by atoms with van der Waals surface area (Å²) in [5.74, 6) is -1.17. The van der Waals surface area contributed by atoms with E-state index in [-0.39, 0.29) is 24.9 Å². The Kier molecular flexibility index (Phi) is 7.96. The van der Waals surface area contributed by atoms with Gasteiger partial charge in [-0.3, -0.25) is 14.5 Å². The van der Waals surface area contributed by atoms with Gasteiger partial charge in [0, 0.05) is 9.26 Å². The fourth-order valence-electron chi connectivity index (χ4n) is 1.29. The summed E-state index contributed by atoms with van der Waals surface area (Å²) in [5, 5.41) is 11.5. The molecule has 7 heteroatoms. The molecule has 19 heavy (non-hydrogen) atoms. The number of carbonyl (C=O) groups excluding carboxylic acids is 1. The van der Waals surface area contributed by atoms with Gasteiger partial charge in [0.1, 0.15) is 6.04 Å². The number of likely N-dealkylation sites (N-methyl/N-ethyl adjacent to an activating group) is 1. The van der Waals surface area contributed by atoms with Crippen molar-refractivity contribution >= 4 is 52.6 Å². The Morgan fingerprint density at radius 1 is 1.37 bits per heavy atom. The van der Waals surface area contributed by atoms with Gasteiger partial charge in [-0.25, -0.2) is 0 Å². The van der Waals surface area contributed by atoms with Crippen LogP contribution in [0.4, 0.5) is 5.69 Å². The van der Waals surface area contributed by atoms with Gasteiger partial charge in [0.05, 0.1) is 6.54 Å². The van der Waals surface area contributed by atoms with Crippen LogP contribution in [-0.2, 0) is 9.59 Å². The minimum atomic E-state index is -0.945. The maximum absolute atomic E-state index is 11.7. The summed E-state index contributed by atoms with van der Waals surface area (Å²) in [6.45, 7) is 1.58. The number of benzene rings is 1. The van der Waals surface area contributed by atoms with Gasteiger partial charge in [-0.1, -0.05) is 0 Å². The lowest BCUT2D eigenvalue weighted by Gasteiger charge is -2.20. The number of rotatable bonds is 5. The van der Waals surface area contributed by atoms with Crippen LogP contribution in [0.25, 0.3) is 0 Å². The molecule has 0 saturated heterocycles. The largest absolute Gasteiger partial charge is 0.480 e. The molecule has 0 aromatic heterocycles. The quantitative estimate of drug-likeness (QED) is 0.745. The number of aliphatic carboxylic acids is 1. The fourth-order valence-corrected chi connectivity index (χ4v) is 1.65. The second kappa shape index (κ2) is 8.34. The van der Waals surface area contributed by atoms with E-state index in [1.54, 1.807) is 26.1 Å². The van der Waals surface area contributed by atoms with Gasteiger partial charge in [0.25, 0.3) is 0 Å². The molecule has 5 nitrogen and oxygen atoms in total. The summed E-state index contributed by atoms with van der Waals surface area (Å²) in [5.41, 5.74) is 0.705. The van der Waals surface area contributed by atoms with Crippen molar-refractivity contribution in [2.24, 2.45) is 0 Å². The summed E-state index contributed by atoms with van der Waals surface area (Å²) in [6, 6.07) is 6.70. The minimum Gasteiger partial charge on any atom is -0.480 e. The Balaban J connectivity index is 0.00000324. The standard InChI is InChI=1S/C12H15IN2O3.ClH/c1-8(12(17)18)15(2)7-11(16)14-10-5-3-9(13)4-6-10;/h3-6,8H,7H2,1-2H3,(H,14,16)(H,17,18);1H. The van der Waals surface area contributed by atoms with Gasteiger partial charge < -0.3 is 10.4 Å². The first-order valence-electron chi connectivity index (χ1n) is 5.38. The number of hydrogen-bond donors (Lipinski definition) is 2. The molecule has 106 valence electrons. The average molecular weight is 399 g/mol. The number of nitrogens with zero attached hydrogens (tertiary/aromatic N) is 1. The van der Waals surface area contributed by atoms with Crippen LogP contribution in [-0.4, -0.2) is 41.5 Å². The molecule has 0 spiro atoms. The number of carboxylic acid groups (broad SMARTS) is 1. The first kappa shape index (κ1) is 18.1. The lowest BCUT2D eigenvalue weighted by Crippen LogP contribution is -2.40. The van der Waals surface area contributed by atoms with Crippen LogP contribution >= 0.6 is 35.0 Å². The van der Waals surface area contributed by atoms with Crippen molar-refractivity contribution in [1.29, 1.82) is 0 Å². The third kappa shape index (κ3) is 6.22. The second-order valence-electron chi connectivity index (χ2n) is 3.98. The Labute approximate surface area is 131 Å². The molecule has 0 aliphatic rings. The third-order valence-corrected chi connectivity index (χ3v) is 3.26. The molecule has 1 aromatic carbocycles. The highest BCUT2D eigenvalue weighted by atomic mass is 127. The summed E-state index contributed by atoms with van der Waals surface area (Å²) >= 11 is 2.18. The lowest BCUT2D eigenvalue weighted by molar-refractivity contribution is -0.142. The zero-order valence-electron chi connectivity index (χ0n) is 10.6. The normalized spacial score (nSPS) is 11.6. The Bertz CT molecular complexity index is 439. The molecule has 0 aliphatic heterocycles. The predicted molar refractivity (Wildman–Crippen MR) is 84.8 cm³/mol. The number of carbonyl (C=O) groups is 2. The van der Waals surface area contributed by atoms with Crippen LogP contribution in [0.1, 0.15) is 6.92 Å². The molecule has 1 amide bonds. The van der Waals surface area contributed by atoms with Crippen LogP contribution in [0.3, 0.4) is 0 Å². The van der Waals surface area contributed by atoms with E-state index in [9.17, 15) is 9.59 Å². The average Bonchev–Trinajstić information content (AvgIpc) is 2.30. The van der Waals surface area contributed by atoms with Crippen molar-refractivity contribution < 1.29 is 14.7 Å². The summed E-state index contributed by atoms with van der Waals surface area (Å²) < 4.78 is 1.09. The summed E-state index contributed by atoms with van der Waals surface area (Å²) in [7, 11) is 1.60. The van der Waals surface area contributed by atoms with Crippen molar-refractivity contribution in [1.82, 2.24) is 4.90 Å². The van der Waals surface area contributed by atoms with Crippen LogP contribution in [0.15, 0.2) is 24.3 Å². The van der Waals surface area contributed by atoms with E-state index in [1.165, 1.54) is 4.90 Å². The van der Waals surface area contributed by atoms with E-state index in [1.807, 2.05) is 12.1 Å². The highest BCUT2D eigenvalue weighted by Crippen LogP contribution is 2.11.